The molecule has 3 rings (SSSR count). The number of nitrogens with two attached hydrogens (primary N) is 1. The number of ether oxygens (including phenoxy) is 1. The Morgan fingerprint density at radius 2 is 1.77 bits per heavy atom. The minimum absolute atomic E-state index is 0.00417. The van der Waals surface area contributed by atoms with Gasteiger partial charge in [-0.15, -0.1) is 0 Å². The largest absolute Gasteiger partial charge is 0.480 e. The zero-order valence-electron chi connectivity index (χ0n) is 25.1. The number of hydrogen-bond acceptors (Lipinski definition) is 7. The summed E-state index contributed by atoms with van der Waals surface area (Å²) in [7, 11) is 0. The molecule has 0 spiro atoms. The molecule has 238 valence electrons. The third-order valence-electron chi connectivity index (χ3n) is 7.87. The second-order valence-electron chi connectivity index (χ2n) is 11.2. The third kappa shape index (κ3) is 9.34. The zero-order valence-corrected chi connectivity index (χ0v) is 25.1. The number of halogens is 1. The molecule has 1 heterocycles. The van der Waals surface area contributed by atoms with Gasteiger partial charge in [0.25, 0.3) is 0 Å². The number of likely N-dealkylation sites (tertiary alicyclic amines) is 1. The molecule has 0 radical (unpaired) electrons. The highest BCUT2D eigenvalue weighted by Gasteiger charge is 2.41. The van der Waals surface area contributed by atoms with Crippen molar-refractivity contribution in [2.24, 2.45) is 5.73 Å². The minimum Gasteiger partial charge on any atom is -0.480 e. The summed E-state index contributed by atoms with van der Waals surface area (Å²) in [6, 6.07) is 11.0. The van der Waals surface area contributed by atoms with E-state index < -0.39 is 59.1 Å². The van der Waals surface area contributed by atoms with Crippen LogP contribution in [0, 0.1) is 5.82 Å². The number of aliphatic carboxylic acids is 1. The van der Waals surface area contributed by atoms with Gasteiger partial charge in [-0.2, -0.15) is 0 Å². The van der Waals surface area contributed by atoms with Crippen LogP contribution in [0.2, 0.25) is 0 Å². The van der Waals surface area contributed by atoms with Crippen LogP contribution < -0.4 is 16.4 Å². The van der Waals surface area contributed by atoms with Crippen molar-refractivity contribution in [3.63, 3.8) is 0 Å². The summed E-state index contributed by atoms with van der Waals surface area (Å²) in [5, 5.41) is 15.0. The molecule has 0 aliphatic carbocycles. The van der Waals surface area contributed by atoms with Crippen molar-refractivity contribution < 1.29 is 38.2 Å². The van der Waals surface area contributed by atoms with Gasteiger partial charge in [-0.05, 0) is 75.3 Å². The van der Waals surface area contributed by atoms with Gasteiger partial charge in [0.05, 0.1) is 18.2 Å². The van der Waals surface area contributed by atoms with Crippen molar-refractivity contribution in [1.82, 2.24) is 15.5 Å². The number of carboxylic acid groups (broad SMARTS) is 1. The summed E-state index contributed by atoms with van der Waals surface area (Å²) in [6.45, 7) is 3.61. The molecule has 0 unspecified atom stereocenters. The first-order chi connectivity index (χ1) is 20.9. The van der Waals surface area contributed by atoms with E-state index in [0.717, 1.165) is 0 Å². The molecule has 1 aliphatic rings. The van der Waals surface area contributed by atoms with E-state index in [1.54, 1.807) is 37.3 Å². The number of esters is 1. The van der Waals surface area contributed by atoms with Gasteiger partial charge in [0, 0.05) is 13.0 Å². The van der Waals surface area contributed by atoms with Crippen LogP contribution in [0.5, 0.6) is 0 Å². The third-order valence-corrected chi connectivity index (χ3v) is 7.87. The molecular weight excluding hydrogens is 571 g/mol. The molecular formula is C32H41FN4O7. The van der Waals surface area contributed by atoms with Crippen molar-refractivity contribution in [3.05, 3.63) is 71.5 Å². The van der Waals surface area contributed by atoms with Crippen LogP contribution >= 0.6 is 0 Å². The predicted molar refractivity (Wildman–Crippen MR) is 160 cm³/mol. The number of rotatable bonds is 15. The average molecular weight is 613 g/mol. The number of carboxylic acids is 1. The highest BCUT2D eigenvalue weighted by atomic mass is 19.1. The lowest BCUT2D eigenvalue weighted by atomic mass is 9.95. The fraction of sp³-hybridized carbons (Fsp3) is 0.469. The Labute approximate surface area is 256 Å². The van der Waals surface area contributed by atoms with E-state index in [1.807, 2.05) is 0 Å². The van der Waals surface area contributed by atoms with Gasteiger partial charge < -0.3 is 31.1 Å². The lowest BCUT2D eigenvalue weighted by molar-refractivity contribution is -0.149. The molecule has 2 aromatic carbocycles. The first-order valence-corrected chi connectivity index (χ1v) is 14.8. The summed E-state index contributed by atoms with van der Waals surface area (Å²) in [5.74, 6) is -3.79. The molecule has 3 amide bonds. The summed E-state index contributed by atoms with van der Waals surface area (Å²) < 4.78 is 18.7. The van der Waals surface area contributed by atoms with E-state index in [0.29, 0.717) is 36.8 Å². The second kappa shape index (κ2) is 15.9. The van der Waals surface area contributed by atoms with E-state index >= 15 is 0 Å². The quantitative estimate of drug-likeness (QED) is 0.176. The molecule has 1 aliphatic heterocycles. The number of hydrogen-bond donors (Lipinski definition) is 4. The zero-order chi connectivity index (χ0) is 32.3. The van der Waals surface area contributed by atoms with Crippen molar-refractivity contribution in [2.75, 3.05) is 13.2 Å². The van der Waals surface area contributed by atoms with E-state index in [4.69, 9.17) is 10.5 Å². The van der Waals surface area contributed by atoms with Gasteiger partial charge in [0.2, 0.25) is 17.7 Å². The molecule has 11 nitrogen and oxygen atoms in total. The summed E-state index contributed by atoms with van der Waals surface area (Å²) in [4.78, 5) is 65.1. The molecule has 5 N–H and O–H groups in total. The maximum atomic E-state index is 13.6. The number of unbranched alkanes of at least 4 members (excludes halogenated alkanes) is 1. The topological polar surface area (TPSA) is 168 Å². The monoisotopic (exact) mass is 612 g/mol. The van der Waals surface area contributed by atoms with Gasteiger partial charge in [0.1, 0.15) is 23.4 Å². The number of nitrogens with one attached hydrogen (secondary N) is 2. The fourth-order valence-electron chi connectivity index (χ4n) is 4.95. The van der Waals surface area contributed by atoms with Gasteiger partial charge in [-0.25, -0.2) is 14.0 Å². The van der Waals surface area contributed by atoms with Crippen LogP contribution in [0.4, 0.5) is 4.39 Å². The molecule has 0 saturated carbocycles. The Balaban J connectivity index is 1.59. The smallest absolute Gasteiger partial charge is 0.338 e. The maximum Gasteiger partial charge on any atom is 0.338 e. The average Bonchev–Trinajstić information content (AvgIpc) is 3.52. The molecule has 2 aromatic rings. The summed E-state index contributed by atoms with van der Waals surface area (Å²) >= 11 is 0. The van der Waals surface area contributed by atoms with E-state index in [9.17, 15) is 33.5 Å². The SMILES string of the molecule is CC[C@@](C)(NC(=O)[C@@H](N)CCCCOC(=O)c1ccccc1)C(=O)N[C@@H](Cc1ccc(F)cc1)C(=O)N1CCC[C@@H]1C(=O)O. The minimum atomic E-state index is -1.43. The lowest BCUT2D eigenvalue weighted by Crippen LogP contribution is -2.63. The van der Waals surface area contributed by atoms with Gasteiger partial charge in [0.15, 0.2) is 0 Å². The standard InChI is InChI=1S/C32H41FN4O7/c1-3-32(2,36-27(38)24(34)12-7-8-19-44-30(42)22-10-5-4-6-11-22)31(43)35-25(20-21-14-16-23(33)17-15-21)28(39)37-18-9-13-26(37)29(40)41/h4-6,10-11,14-17,24-26H,3,7-9,12-13,18-20,34H2,1-2H3,(H,35,43)(H,36,38)(H,40,41)/t24-,25-,26+,32+/m0/s1. The van der Waals surface area contributed by atoms with Crippen LogP contribution in [-0.2, 0) is 30.3 Å². The molecule has 1 saturated heterocycles. The van der Waals surface area contributed by atoms with E-state index in [1.165, 1.54) is 36.1 Å². The van der Waals surface area contributed by atoms with Crippen LogP contribution in [0.25, 0.3) is 0 Å². The Bertz CT molecular complexity index is 1310. The van der Waals surface area contributed by atoms with Gasteiger partial charge in [-0.3, -0.25) is 14.4 Å². The fourth-order valence-corrected chi connectivity index (χ4v) is 4.95. The number of amides is 3. The second-order valence-corrected chi connectivity index (χ2v) is 11.2. The molecule has 12 heteroatoms. The van der Waals surface area contributed by atoms with E-state index in [-0.39, 0.29) is 32.4 Å². The van der Waals surface area contributed by atoms with E-state index in [2.05, 4.69) is 10.6 Å². The first-order valence-electron chi connectivity index (χ1n) is 14.8. The molecule has 4 atom stereocenters. The first kappa shape index (κ1) is 34.2. The van der Waals surface area contributed by atoms with Crippen molar-refractivity contribution in [1.29, 1.82) is 0 Å². The van der Waals surface area contributed by atoms with Gasteiger partial charge >= 0.3 is 11.9 Å². The number of benzene rings is 2. The summed E-state index contributed by atoms with van der Waals surface area (Å²) in [6.07, 6.45) is 2.26. The van der Waals surface area contributed by atoms with Crippen LogP contribution in [-0.4, -0.2) is 76.5 Å². The molecule has 0 aromatic heterocycles. The summed E-state index contributed by atoms with van der Waals surface area (Å²) in [5.41, 5.74) is 5.69. The molecule has 44 heavy (non-hydrogen) atoms. The Morgan fingerprint density at radius 1 is 1.09 bits per heavy atom. The van der Waals surface area contributed by atoms with Crippen molar-refractivity contribution >= 4 is 29.7 Å². The van der Waals surface area contributed by atoms with Crippen LogP contribution in [0.15, 0.2) is 54.6 Å². The van der Waals surface area contributed by atoms with Crippen LogP contribution in [0.3, 0.4) is 0 Å². The predicted octanol–water partition coefficient (Wildman–Crippen LogP) is 2.57. The molecule has 0 bridgehead atoms. The highest BCUT2D eigenvalue weighted by molar-refractivity contribution is 5.96. The number of carbonyl (C=O) groups excluding carboxylic acids is 4. The Morgan fingerprint density at radius 3 is 2.41 bits per heavy atom. The number of nitrogens with zero attached hydrogens (tertiary/aromatic N) is 1. The van der Waals surface area contributed by atoms with Crippen molar-refractivity contribution in [3.8, 4) is 0 Å². The highest BCUT2D eigenvalue weighted by Crippen LogP contribution is 2.21. The Kier molecular flexibility index (Phi) is 12.4. The normalized spacial score (nSPS) is 17.2. The maximum absolute atomic E-state index is 13.6. The Hall–Kier alpha value is -4.32. The van der Waals surface area contributed by atoms with Gasteiger partial charge in [-0.1, -0.05) is 37.3 Å². The molecule has 1 fully saturated rings. The lowest BCUT2D eigenvalue weighted by Gasteiger charge is -2.33. The van der Waals surface area contributed by atoms with Crippen molar-refractivity contribution in [2.45, 2.75) is 82.5 Å². The number of carbonyl (C=O) groups is 5. The van der Waals surface area contributed by atoms with Crippen LogP contribution in [0.1, 0.15) is 68.3 Å².